The highest BCUT2D eigenvalue weighted by atomic mass is 19.1. The van der Waals surface area contributed by atoms with Crippen molar-refractivity contribution in [3.8, 4) is 11.8 Å². The predicted octanol–water partition coefficient (Wildman–Crippen LogP) is 2.32. The molecule has 4 aromatic rings. The lowest BCUT2D eigenvalue weighted by Crippen LogP contribution is -2.30. The Balaban J connectivity index is 1.96. The van der Waals surface area contributed by atoms with Crippen LogP contribution in [-0.4, -0.2) is 24.1 Å². The van der Waals surface area contributed by atoms with Crippen LogP contribution in [0, 0.1) is 28.8 Å². The number of nitrogens with two attached hydrogens (primary N) is 1. The van der Waals surface area contributed by atoms with Crippen LogP contribution in [0.25, 0.3) is 11.2 Å². The number of rotatable bonds is 4. The van der Waals surface area contributed by atoms with Crippen LogP contribution in [0.4, 0.5) is 24.9 Å². The van der Waals surface area contributed by atoms with Crippen LogP contribution in [0.2, 0.25) is 0 Å². The van der Waals surface area contributed by atoms with Crippen LogP contribution < -0.4 is 16.6 Å². The molecule has 0 amide bonds. The second-order valence-corrected chi connectivity index (χ2v) is 6.55. The average molecular weight is 426 g/mol. The molecule has 12 heteroatoms. The first kappa shape index (κ1) is 19.9. The van der Waals surface area contributed by atoms with Gasteiger partial charge in [0.15, 0.2) is 17.5 Å². The highest BCUT2D eigenvalue weighted by Gasteiger charge is 2.22. The van der Waals surface area contributed by atoms with Crippen molar-refractivity contribution in [1.82, 2.24) is 24.1 Å². The van der Waals surface area contributed by atoms with Crippen molar-refractivity contribution in [3.05, 3.63) is 75.9 Å². The Morgan fingerprint density at radius 2 is 1.94 bits per heavy atom. The molecule has 0 aliphatic heterocycles. The Kier molecular flexibility index (Phi) is 4.78. The zero-order valence-electron chi connectivity index (χ0n) is 15.8. The largest absolute Gasteiger partial charge is 0.368 e. The molecule has 9 nitrogen and oxygen atoms in total. The highest BCUT2D eigenvalue weighted by molar-refractivity contribution is 5.60. The monoisotopic (exact) mass is 426 g/mol. The maximum atomic E-state index is 14.1. The topological polar surface area (TPSA) is 127 Å². The molecule has 0 saturated heterocycles. The van der Waals surface area contributed by atoms with E-state index in [-0.39, 0.29) is 34.4 Å². The molecular formula is C19H13F3N8O. The molecule has 0 aliphatic rings. The van der Waals surface area contributed by atoms with E-state index in [4.69, 9.17) is 5.73 Å². The Hall–Kier alpha value is -4.40. The van der Waals surface area contributed by atoms with Gasteiger partial charge in [-0.1, -0.05) is 0 Å². The summed E-state index contributed by atoms with van der Waals surface area (Å²) in [7, 11) is 0. The summed E-state index contributed by atoms with van der Waals surface area (Å²) in [6, 6.07) is 4.90. The summed E-state index contributed by atoms with van der Waals surface area (Å²) < 4.78 is 44.0. The van der Waals surface area contributed by atoms with Crippen molar-refractivity contribution in [2.45, 2.75) is 13.0 Å². The molecule has 0 fully saturated rings. The molecule has 0 spiro atoms. The van der Waals surface area contributed by atoms with E-state index in [9.17, 15) is 23.2 Å². The number of halogens is 3. The van der Waals surface area contributed by atoms with Gasteiger partial charge < -0.3 is 11.1 Å². The van der Waals surface area contributed by atoms with E-state index < -0.39 is 29.1 Å². The number of nitrogens with one attached hydrogen (secondary N) is 1. The first-order valence-corrected chi connectivity index (χ1v) is 8.84. The van der Waals surface area contributed by atoms with Gasteiger partial charge in [0.25, 0.3) is 5.56 Å². The summed E-state index contributed by atoms with van der Waals surface area (Å²) in [6.07, 6.45) is 2.26. The fourth-order valence-electron chi connectivity index (χ4n) is 3.12. The van der Waals surface area contributed by atoms with Crippen molar-refractivity contribution in [1.29, 1.82) is 5.26 Å². The summed E-state index contributed by atoms with van der Waals surface area (Å²) in [5.41, 5.74) is 4.54. The first-order chi connectivity index (χ1) is 14.8. The Bertz CT molecular complexity index is 1400. The van der Waals surface area contributed by atoms with E-state index in [0.717, 1.165) is 22.9 Å². The van der Waals surface area contributed by atoms with Crippen LogP contribution in [0.5, 0.6) is 0 Å². The highest BCUT2D eigenvalue weighted by Crippen LogP contribution is 2.22. The number of fused-ring (bicyclic) bond motifs is 1. The summed E-state index contributed by atoms with van der Waals surface area (Å²) in [6.45, 7) is 1.53. The minimum absolute atomic E-state index is 0.0285. The summed E-state index contributed by atoms with van der Waals surface area (Å²) in [5.74, 6) is -3.11. The molecule has 156 valence electrons. The number of benzene rings is 1. The van der Waals surface area contributed by atoms with Crippen LogP contribution in [0.3, 0.4) is 0 Å². The average Bonchev–Trinajstić information content (AvgIpc) is 3.13. The van der Waals surface area contributed by atoms with Gasteiger partial charge in [-0.25, -0.2) is 22.7 Å². The number of nitrogen functional groups attached to an aromatic ring is 1. The number of hydrogen-bond acceptors (Lipinski definition) is 7. The van der Waals surface area contributed by atoms with Gasteiger partial charge in [-0.3, -0.25) is 9.36 Å². The minimum atomic E-state index is -0.918. The van der Waals surface area contributed by atoms with E-state index in [0.29, 0.717) is 6.07 Å². The number of nitrogens with zero attached hydrogens (tertiary/aromatic N) is 6. The van der Waals surface area contributed by atoms with E-state index >= 15 is 0 Å². The molecule has 3 heterocycles. The SMILES string of the molecule is C[C@H](Nc1nc(N)ncc1F)c1nn2ccc(C#N)c2c(=O)n1-c1cc(F)cc(F)c1. The fourth-order valence-corrected chi connectivity index (χ4v) is 3.12. The molecule has 31 heavy (non-hydrogen) atoms. The fraction of sp³-hybridized carbons (Fsp3) is 0.105. The van der Waals surface area contributed by atoms with Crippen molar-refractivity contribution >= 4 is 17.3 Å². The Labute approximate surface area is 172 Å². The van der Waals surface area contributed by atoms with Crippen molar-refractivity contribution < 1.29 is 13.2 Å². The minimum Gasteiger partial charge on any atom is -0.368 e. The number of aromatic nitrogens is 5. The predicted molar refractivity (Wildman–Crippen MR) is 104 cm³/mol. The lowest BCUT2D eigenvalue weighted by atomic mass is 10.2. The number of anilines is 2. The maximum Gasteiger partial charge on any atom is 0.283 e. The Morgan fingerprint density at radius 3 is 2.61 bits per heavy atom. The standard InChI is InChI=1S/C19H13F3N8O/c1-9(26-16-14(22)8-25-19(24)27-16)17-28-29-3-2-10(7-23)15(29)18(31)30(17)13-5-11(20)4-12(21)6-13/h2-6,8-9H,1H3,(H3,24,25,26,27)/t9-/m0/s1. The summed E-state index contributed by atoms with van der Waals surface area (Å²) in [5, 5.41) is 16.3. The normalized spacial score (nSPS) is 12.0. The number of nitriles is 1. The molecule has 0 unspecified atom stereocenters. The lowest BCUT2D eigenvalue weighted by Gasteiger charge is -2.20. The van der Waals surface area contributed by atoms with Crippen molar-refractivity contribution in [2.75, 3.05) is 11.1 Å². The summed E-state index contributed by atoms with van der Waals surface area (Å²) in [4.78, 5) is 20.6. The second kappa shape index (κ2) is 7.45. The van der Waals surface area contributed by atoms with Crippen molar-refractivity contribution in [2.24, 2.45) is 0 Å². The molecule has 0 saturated carbocycles. The number of hydrogen-bond donors (Lipinski definition) is 2. The van der Waals surface area contributed by atoms with Gasteiger partial charge in [-0.2, -0.15) is 15.3 Å². The molecule has 4 rings (SSSR count). The quantitative estimate of drug-likeness (QED) is 0.513. The zero-order valence-corrected chi connectivity index (χ0v) is 15.8. The van der Waals surface area contributed by atoms with Gasteiger partial charge in [0, 0.05) is 12.3 Å². The molecular weight excluding hydrogens is 413 g/mol. The van der Waals surface area contributed by atoms with Gasteiger partial charge in [0.1, 0.15) is 23.2 Å². The molecule has 3 N–H and O–H groups in total. The molecule has 0 radical (unpaired) electrons. The molecule has 1 aromatic carbocycles. The summed E-state index contributed by atoms with van der Waals surface area (Å²) >= 11 is 0. The van der Waals surface area contributed by atoms with Gasteiger partial charge in [0.05, 0.1) is 23.5 Å². The smallest absolute Gasteiger partial charge is 0.283 e. The van der Waals surface area contributed by atoms with Crippen LogP contribution in [0.1, 0.15) is 24.4 Å². The Morgan fingerprint density at radius 1 is 1.23 bits per heavy atom. The van der Waals surface area contributed by atoms with E-state index in [1.54, 1.807) is 0 Å². The maximum absolute atomic E-state index is 14.1. The van der Waals surface area contributed by atoms with E-state index in [1.165, 1.54) is 23.7 Å². The van der Waals surface area contributed by atoms with Gasteiger partial charge in [-0.05, 0) is 25.1 Å². The van der Waals surface area contributed by atoms with E-state index in [1.807, 2.05) is 6.07 Å². The third kappa shape index (κ3) is 3.52. The van der Waals surface area contributed by atoms with Gasteiger partial charge in [-0.15, -0.1) is 0 Å². The van der Waals surface area contributed by atoms with Crippen LogP contribution in [0.15, 0.2) is 41.5 Å². The third-order valence-corrected chi connectivity index (χ3v) is 4.44. The third-order valence-electron chi connectivity index (χ3n) is 4.44. The van der Waals surface area contributed by atoms with Gasteiger partial charge in [0.2, 0.25) is 5.95 Å². The lowest BCUT2D eigenvalue weighted by molar-refractivity contribution is 0.577. The molecule has 0 bridgehead atoms. The van der Waals surface area contributed by atoms with Crippen LogP contribution >= 0.6 is 0 Å². The van der Waals surface area contributed by atoms with Crippen molar-refractivity contribution in [3.63, 3.8) is 0 Å². The second-order valence-electron chi connectivity index (χ2n) is 6.55. The molecule has 3 aromatic heterocycles. The molecule has 1 atom stereocenters. The first-order valence-electron chi connectivity index (χ1n) is 8.84. The molecule has 0 aliphatic carbocycles. The van der Waals surface area contributed by atoms with Crippen LogP contribution in [-0.2, 0) is 0 Å². The zero-order chi connectivity index (χ0) is 22.3. The van der Waals surface area contributed by atoms with E-state index in [2.05, 4.69) is 20.4 Å². The van der Waals surface area contributed by atoms with Gasteiger partial charge >= 0.3 is 0 Å².